The molecule has 5 nitrogen and oxygen atoms in total. The number of ether oxygens (including phenoxy) is 1. The van der Waals surface area contributed by atoms with Gasteiger partial charge in [-0.05, 0) is 31.7 Å². The zero-order valence-corrected chi connectivity index (χ0v) is 11.8. The van der Waals surface area contributed by atoms with Crippen molar-refractivity contribution in [3.63, 3.8) is 0 Å². The molecule has 0 spiro atoms. The Morgan fingerprint density at radius 2 is 2.10 bits per heavy atom. The Morgan fingerprint density at radius 3 is 2.70 bits per heavy atom. The molecule has 0 heterocycles. The van der Waals surface area contributed by atoms with Gasteiger partial charge in [0.25, 0.3) is 0 Å². The lowest BCUT2D eigenvalue weighted by Gasteiger charge is -2.12. The van der Waals surface area contributed by atoms with Gasteiger partial charge in [0, 0.05) is 18.2 Å². The molecule has 0 radical (unpaired) electrons. The molecule has 1 aromatic rings. The van der Waals surface area contributed by atoms with E-state index in [0.29, 0.717) is 12.1 Å². The Bertz CT molecular complexity index is 491. The minimum atomic E-state index is -0.778. The number of hydrogen-bond donors (Lipinski definition) is 2. The van der Waals surface area contributed by atoms with Crippen LogP contribution in [0.5, 0.6) is 0 Å². The van der Waals surface area contributed by atoms with E-state index in [-0.39, 0.29) is 17.5 Å². The van der Waals surface area contributed by atoms with Crippen LogP contribution in [0.4, 0.5) is 10.1 Å². The minimum absolute atomic E-state index is 0.0422. The summed E-state index contributed by atoms with van der Waals surface area (Å²) in [5.74, 6) is -1.67. The fraction of sp³-hybridized carbons (Fsp3) is 0.429. The van der Waals surface area contributed by atoms with Gasteiger partial charge in [0.1, 0.15) is 5.82 Å². The second-order valence-corrected chi connectivity index (χ2v) is 4.40. The quantitative estimate of drug-likeness (QED) is 0.782. The highest BCUT2D eigenvalue weighted by molar-refractivity contribution is 5.94. The number of amides is 1. The third-order valence-corrected chi connectivity index (χ3v) is 2.70. The Labute approximate surface area is 117 Å². The highest BCUT2D eigenvalue weighted by Gasteiger charge is 2.14. The van der Waals surface area contributed by atoms with Gasteiger partial charge in [0.2, 0.25) is 5.91 Å². The normalized spacial score (nSPS) is 11.8. The van der Waals surface area contributed by atoms with E-state index in [0.717, 1.165) is 12.6 Å². The molecular formula is C14H19FN2O3. The Kier molecular flexibility index (Phi) is 6.11. The number of anilines is 1. The van der Waals surface area contributed by atoms with Gasteiger partial charge >= 0.3 is 5.97 Å². The molecule has 0 aliphatic carbocycles. The number of methoxy groups -OCH3 is 1. The molecule has 0 saturated heterocycles. The maximum Gasteiger partial charge on any atom is 0.340 e. The van der Waals surface area contributed by atoms with Crippen molar-refractivity contribution < 1.29 is 18.7 Å². The van der Waals surface area contributed by atoms with Gasteiger partial charge in [-0.3, -0.25) is 4.79 Å². The molecule has 0 aliphatic heterocycles. The van der Waals surface area contributed by atoms with Crippen molar-refractivity contribution in [3.8, 4) is 0 Å². The molecule has 0 aliphatic rings. The summed E-state index contributed by atoms with van der Waals surface area (Å²) in [6.07, 6.45) is 0.290. The summed E-state index contributed by atoms with van der Waals surface area (Å²) in [7, 11) is 1.17. The predicted octanol–water partition coefficient (Wildman–Crippen LogP) is 1.94. The van der Waals surface area contributed by atoms with Crippen molar-refractivity contribution in [3.05, 3.63) is 29.6 Å². The Balaban J connectivity index is 2.73. The van der Waals surface area contributed by atoms with Crippen LogP contribution in [0.1, 0.15) is 30.6 Å². The topological polar surface area (TPSA) is 67.4 Å². The summed E-state index contributed by atoms with van der Waals surface area (Å²) in [6.45, 7) is 4.63. The van der Waals surface area contributed by atoms with Crippen LogP contribution in [0, 0.1) is 5.82 Å². The van der Waals surface area contributed by atoms with Crippen LogP contribution < -0.4 is 10.6 Å². The average molecular weight is 282 g/mol. The van der Waals surface area contributed by atoms with Crippen LogP contribution in [0.3, 0.4) is 0 Å². The summed E-state index contributed by atoms with van der Waals surface area (Å²) < 4.78 is 17.9. The van der Waals surface area contributed by atoms with Crippen LogP contribution in [-0.4, -0.2) is 31.6 Å². The van der Waals surface area contributed by atoms with Crippen LogP contribution in [0.2, 0.25) is 0 Å². The summed E-state index contributed by atoms with van der Waals surface area (Å²) in [5, 5.41) is 5.74. The first-order chi connectivity index (χ1) is 9.47. The molecule has 0 fully saturated rings. The van der Waals surface area contributed by atoms with Crippen molar-refractivity contribution in [2.75, 3.05) is 19.0 Å². The number of nitrogens with one attached hydrogen (secondary N) is 2. The lowest BCUT2D eigenvalue weighted by Crippen LogP contribution is -2.30. The van der Waals surface area contributed by atoms with E-state index in [4.69, 9.17) is 0 Å². The lowest BCUT2D eigenvalue weighted by atomic mass is 10.1. The standard InChI is InChI=1S/C14H19FN2O3/c1-4-16-9(2)7-13(18)17-10-5-6-12(15)11(8-10)14(19)20-3/h5-6,8-9,16H,4,7H2,1-3H3,(H,17,18). The third-order valence-electron chi connectivity index (χ3n) is 2.70. The number of carbonyl (C=O) groups is 2. The van der Waals surface area contributed by atoms with E-state index in [9.17, 15) is 14.0 Å². The van der Waals surface area contributed by atoms with Crippen molar-refractivity contribution in [1.29, 1.82) is 0 Å². The number of benzene rings is 1. The number of carbonyl (C=O) groups excluding carboxylic acids is 2. The summed E-state index contributed by atoms with van der Waals surface area (Å²) in [5.41, 5.74) is 0.158. The highest BCUT2D eigenvalue weighted by atomic mass is 19.1. The minimum Gasteiger partial charge on any atom is -0.465 e. The van der Waals surface area contributed by atoms with Crippen LogP contribution >= 0.6 is 0 Å². The van der Waals surface area contributed by atoms with Crippen molar-refractivity contribution in [2.24, 2.45) is 0 Å². The zero-order valence-electron chi connectivity index (χ0n) is 11.8. The molecule has 20 heavy (non-hydrogen) atoms. The molecule has 1 rings (SSSR count). The summed E-state index contributed by atoms with van der Waals surface area (Å²) in [6, 6.07) is 3.82. The molecule has 0 bridgehead atoms. The fourth-order valence-corrected chi connectivity index (χ4v) is 1.78. The van der Waals surface area contributed by atoms with Crippen molar-refractivity contribution in [1.82, 2.24) is 5.32 Å². The van der Waals surface area contributed by atoms with Gasteiger partial charge in [-0.2, -0.15) is 0 Å². The molecule has 0 aromatic heterocycles. The van der Waals surface area contributed by atoms with E-state index in [2.05, 4.69) is 15.4 Å². The number of rotatable bonds is 6. The van der Waals surface area contributed by atoms with Gasteiger partial charge in [-0.15, -0.1) is 0 Å². The van der Waals surface area contributed by atoms with E-state index >= 15 is 0 Å². The first-order valence-electron chi connectivity index (χ1n) is 6.39. The number of halogens is 1. The van der Waals surface area contributed by atoms with Gasteiger partial charge < -0.3 is 15.4 Å². The lowest BCUT2D eigenvalue weighted by molar-refractivity contribution is -0.116. The third kappa shape index (κ3) is 4.62. The second-order valence-electron chi connectivity index (χ2n) is 4.40. The average Bonchev–Trinajstić information content (AvgIpc) is 2.40. The maximum absolute atomic E-state index is 13.4. The number of esters is 1. The molecule has 1 atom stereocenters. The molecule has 2 N–H and O–H groups in total. The predicted molar refractivity (Wildman–Crippen MR) is 74.1 cm³/mol. The highest BCUT2D eigenvalue weighted by Crippen LogP contribution is 2.16. The molecule has 0 saturated carbocycles. The van der Waals surface area contributed by atoms with Gasteiger partial charge in [-0.1, -0.05) is 6.92 Å². The van der Waals surface area contributed by atoms with Gasteiger partial charge in [0.05, 0.1) is 12.7 Å². The summed E-state index contributed by atoms with van der Waals surface area (Å²) in [4.78, 5) is 23.1. The molecule has 6 heteroatoms. The SMILES string of the molecule is CCNC(C)CC(=O)Nc1ccc(F)c(C(=O)OC)c1. The van der Waals surface area contributed by atoms with Gasteiger partial charge in [0.15, 0.2) is 0 Å². The number of hydrogen-bond acceptors (Lipinski definition) is 4. The first kappa shape index (κ1) is 16.1. The van der Waals surface area contributed by atoms with Crippen LogP contribution in [0.25, 0.3) is 0 Å². The van der Waals surface area contributed by atoms with Crippen molar-refractivity contribution >= 4 is 17.6 Å². The fourth-order valence-electron chi connectivity index (χ4n) is 1.78. The maximum atomic E-state index is 13.4. The summed E-state index contributed by atoms with van der Waals surface area (Å²) >= 11 is 0. The van der Waals surface area contributed by atoms with Gasteiger partial charge in [-0.25, -0.2) is 9.18 Å². The van der Waals surface area contributed by atoms with Crippen LogP contribution in [-0.2, 0) is 9.53 Å². The Morgan fingerprint density at radius 1 is 1.40 bits per heavy atom. The molecule has 1 unspecified atom stereocenters. The van der Waals surface area contributed by atoms with Crippen molar-refractivity contribution in [2.45, 2.75) is 26.3 Å². The van der Waals surface area contributed by atoms with E-state index < -0.39 is 11.8 Å². The molecule has 1 amide bonds. The molecule has 110 valence electrons. The first-order valence-corrected chi connectivity index (χ1v) is 6.39. The molecular weight excluding hydrogens is 263 g/mol. The van der Waals surface area contributed by atoms with E-state index in [1.165, 1.54) is 19.2 Å². The Hall–Kier alpha value is -1.95. The monoisotopic (exact) mass is 282 g/mol. The molecule has 1 aromatic carbocycles. The van der Waals surface area contributed by atoms with E-state index in [1.54, 1.807) is 0 Å². The smallest absolute Gasteiger partial charge is 0.340 e. The second kappa shape index (κ2) is 7.59. The van der Waals surface area contributed by atoms with E-state index in [1.807, 2.05) is 13.8 Å². The van der Waals surface area contributed by atoms with Crippen LogP contribution in [0.15, 0.2) is 18.2 Å². The largest absolute Gasteiger partial charge is 0.465 e. The zero-order chi connectivity index (χ0) is 15.1.